The summed E-state index contributed by atoms with van der Waals surface area (Å²) in [4.78, 5) is 8.91. The molecule has 0 aliphatic rings. The second-order valence-corrected chi connectivity index (χ2v) is 8.07. The lowest BCUT2D eigenvalue weighted by Gasteiger charge is -2.05. The highest BCUT2D eigenvalue weighted by Crippen LogP contribution is 2.31. The minimum Gasteiger partial charge on any atom is -0.441 e. The van der Waals surface area contributed by atoms with Gasteiger partial charge in [-0.1, -0.05) is 40.2 Å². The topological polar surface area (TPSA) is 95.7 Å². The van der Waals surface area contributed by atoms with E-state index in [2.05, 4.69) is 25.4 Å². The maximum Gasteiger partial charge on any atom is 0.416 e. The zero-order chi connectivity index (χ0) is 24.7. The van der Waals surface area contributed by atoms with Crippen molar-refractivity contribution < 1.29 is 22.1 Å². The van der Waals surface area contributed by atoms with Gasteiger partial charge in [0.15, 0.2) is 5.69 Å². The van der Waals surface area contributed by atoms with E-state index in [0.29, 0.717) is 40.8 Å². The summed E-state index contributed by atoms with van der Waals surface area (Å²) in [6, 6.07) is 12.4. The molecule has 0 bridgehead atoms. The van der Waals surface area contributed by atoms with E-state index in [9.17, 15) is 13.2 Å². The van der Waals surface area contributed by atoms with Crippen molar-refractivity contribution in [3.05, 3.63) is 76.8 Å². The van der Waals surface area contributed by atoms with E-state index in [1.165, 1.54) is 12.1 Å². The standard InChI is InChI=1S/C24H19F3N6O2/c1-13-5-4-6-17(11-13)22-28-19(15(3)34-22)12-33-14(2)20(30-32-33)23-29-21(31-35-23)16-7-9-18(10-8-16)24(25,26)27/h4-11H,12H2,1-3H3. The average molecular weight is 480 g/mol. The minimum absolute atomic E-state index is 0.112. The maximum atomic E-state index is 12.8. The molecule has 35 heavy (non-hydrogen) atoms. The third-order valence-corrected chi connectivity index (χ3v) is 5.54. The van der Waals surface area contributed by atoms with Gasteiger partial charge in [0.2, 0.25) is 11.7 Å². The van der Waals surface area contributed by atoms with E-state index in [0.717, 1.165) is 23.3 Å². The van der Waals surface area contributed by atoms with Crippen LogP contribution in [0, 0.1) is 20.8 Å². The number of rotatable bonds is 5. The molecule has 0 aliphatic heterocycles. The molecule has 0 amide bonds. The fraction of sp³-hybridized carbons (Fsp3) is 0.208. The van der Waals surface area contributed by atoms with Crippen LogP contribution in [0.4, 0.5) is 13.2 Å². The molecule has 0 radical (unpaired) electrons. The van der Waals surface area contributed by atoms with Gasteiger partial charge in [0.05, 0.1) is 17.8 Å². The zero-order valence-electron chi connectivity index (χ0n) is 19.0. The van der Waals surface area contributed by atoms with E-state index < -0.39 is 11.7 Å². The third-order valence-electron chi connectivity index (χ3n) is 5.54. The van der Waals surface area contributed by atoms with Crippen LogP contribution in [-0.4, -0.2) is 30.1 Å². The van der Waals surface area contributed by atoms with Gasteiger partial charge >= 0.3 is 6.18 Å². The van der Waals surface area contributed by atoms with Gasteiger partial charge in [0, 0.05) is 11.1 Å². The van der Waals surface area contributed by atoms with E-state index in [-0.39, 0.29) is 11.7 Å². The summed E-state index contributed by atoms with van der Waals surface area (Å²) >= 11 is 0. The average Bonchev–Trinajstić information content (AvgIpc) is 3.53. The largest absolute Gasteiger partial charge is 0.441 e. The fourth-order valence-corrected chi connectivity index (χ4v) is 3.57. The molecule has 11 heteroatoms. The van der Waals surface area contributed by atoms with Gasteiger partial charge in [-0.2, -0.15) is 18.2 Å². The summed E-state index contributed by atoms with van der Waals surface area (Å²) in [6.07, 6.45) is -4.42. The van der Waals surface area contributed by atoms with Crippen LogP contribution in [0.3, 0.4) is 0 Å². The lowest BCUT2D eigenvalue weighted by Crippen LogP contribution is -2.05. The van der Waals surface area contributed by atoms with Gasteiger partial charge in [-0.05, 0) is 45.0 Å². The van der Waals surface area contributed by atoms with Crippen molar-refractivity contribution in [2.75, 3.05) is 0 Å². The van der Waals surface area contributed by atoms with Crippen LogP contribution in [0.1, 0.15) is 28.3 Å². The van der Waals surface area contributed by atoms with E-state index >= 15 is 0 Å². The molecule has 0 N–H and O–H groups in total. The van der Waals surface area contributed by atoms with Crippen molar-refractivity contribution in [1.29, 1.82) is 0 Å². The van der Waals surface area contributed by atoms with Crippen LogP contribution in [0.2, 0.25) is 0 Å². The number of aryl methyl sites for hydroxylation is 2. The van der Waals surface area contributed by atoms with Crippen molar-refractivity contribution >= 4 is 0 Å². The number of hydrogen-bond acceptors (Lipinski definition) is 7. The Bertz CT molecular complexity index is 1500. The number of hydrogen-bond donors (Lipinski definition) is 0. The molecule has 0 saturated carbocycles. The Morgan fingerprint density at radius 2 is 1.69 bits per heavy atom. The zero-order valence-corrected chi connectivity index (χ0v) is 19.0. The normalized spacial score (nSPS) is 11.8. The molecular weight excluding hydrogens is 461 g/mol. The number of halogens is 3. The molecule has 3 heterocycles. The molecule has 0 aliphatic carbocycles. The predicted octanol–water partition coefficient (Wildman–Crippen LogP) is 5.64. The van der Waals surface area contributed by atoms with Gasteiger partial charge in [0.25, 0.3) is 5.89 Å². The quantitative estimate of drug-likeness (QED) is 0.321. The fourth-order valence-electron chi connectivity index (χ4n) is 3.57. The van der Waals surface area contributed by atoms with Crippen molar-refractivity contribution in [2.24, 2.45) is 0 Å². The van der Waals surface area contributed by atoms with E-state index in [1.54, 1.807) is 11.6 Å². The van der Waals surface area contributed by atoms with Crippen molar-refractivity contribution in [1.82, 2.24) is 30.1 Å². The lowest BCUT2D eigenvalue weighted by molar-refractivity contribution is -0.137. The van der Waals surface area contributed by atoms with Gasteiger partial charge < -0.3 is 8.94 Å². The van der Waals surface area contributed by atoms with Crippen LogP contribution in [-0.2, 0) is 12.7 Å². The highest BCUT2D eigenvalue weighted by molar-refractivity contribution is 5.59. The number of alkyl halides is 3. The molecule has 8 nitrogen and oxygen atoms in total. The molecular formula is C24H19F3N6O2. The Kier molecular flexibility index (Phi) is 5.46. The number of aromatic nitrogens is 6. The Balaban J connectivity index is 1.37. The first-order valence-corrected chi connectivity index (χ1v) is 10.6. The molecule has 0 fully saturated rings. The highest BCUT2D eigenvalue weighted by Gasteiger charge is 2.30. The van der Waals surface area contributed by atoms with Gasteiger partial charge in [-0.15, -0.1) is 5.10 Å². The van der Waals surface area contributed by atoms with Gasteiger partial charge in [-0.25, -0.2) is 9.67 Å². The van der Waals surface area contributed by atoms with Crippen molar-refractivity contribution in [3.8, 4) is 34.4 Å². The van der Waals surface area contributed by atoms with Gasteiger partial charge in [-0.3, -0.25) is 0 Å². The number of nitrogens with zero attached hydrogens (tertiary/aromatic N) is 6. The SMILES string of the molecule is Cc1cccc(-c2nc(Cn3nnc(-c4nc(-c5ccc(C(F)(F)F)cc5)no4)c3C)c(C)o2)c1. The third kappa shape index (κ3) is 4.44. The smallest absolute Gasteiger partial charge is 0.416 e. The maximum absolute atomic E-state index is 12.8. The first-order chi connectivity index (χ1) is 16.7. The Morgan fingerprint density at radius 3 is 2.40 bits per heavy atom. The molecule has 5 aromatic rings. The molecule has 3 aromatic heterocycles. The van der Waals surface area contributed by atoms with Crippen LogP contribution < -0.4 is 0 Å². The molecule has 0 saturated heterocycles. The summed E-state index contributed by atoms with van der Waals surface area (Å²) in [7, 11) is 0. The van der Waals surface area contributed by atoms with Crippen LogP contribution in [0.5, 0.6) is 0 Å². The molecule has 0 atom stereocenters. The molecule has 2 aromatic carbocycles. The summed E-state index contributed by atoms with van der Waals surface area (Å²) in [5, 5.41) is 12.2. The van der Waals surface area contributed by atoms with Gasteiger partial charge in [0.1, 0.15) is 11.5 Å². The first kappa shape index (κ1) is 22.5. The summed E-state index contributed by atoms with van der Waals surface area (Å²) in [5.74, 6) is 1.46. The van der Waals surface area contributed by atoms with Crippen molar-refractivity contribution in [3.63, 3.8) is 0 Å². The summed E-state index contributed by atoms with van der Waals surface area (Å²) < 4.78 is 51.2. The molecule has 178 valence electrons. The Morgan fingerprint density at radius 1 is 0.914 bits per heavy atom. The lowest BCUT2D eigenvalue weighted by atomic mass is 10.1. The van der Waals surface area contributed by atoms with Crippen LogP contribution in [0.25, 0.3) is 34.4 Å². The number of oxazole rings is 1. The van der Waals surface area contributed by atoms with Crippen LogP contribution >= 0.6 is 0 Å². The Labute approximate surface area is 197 Å². The van der Waals surface area contributed by atoms with Crippen LogP contribution in [0.15, 0.2) is 57.5 Å². The van der Waals surface area contributed by atoms with Crippen molar-refractivity contribution in [2.45, 2.75) is 33.5 Å². The molecule has 0 unspecified atom stereocenters. The monoisotopic (exact) mass is 480 g/mol. The molecule has 0 spiro atoms. The second kappa shape index (κ2) is 8.49. The Hall–Kier alpha value is -4.28. The first-order valence-electron chi connectivity index (χ1n) is 10.6. The highest BCUT2D eigenvalue weighted by atomic mass is 19.4. The summed E-state index contributed by atoms with van der Waals surface area (Å²) in [5.41, 5.74) is 3.36. The van der Waals surface area contributed by atoms with E-state index in [1.807, 2.05) is 38.1 Å². The number of benzene rings is 2. The van der Waals surface area contributed by atoms with E-state index in [4.69, 9.17) is 8.94 Å². The minimum atomic E-state index is -4.42. The second-order valence-electron chi connectivity index (χ2n) is 8.07. The summed E-state index contributed by atoms with van der Waals surface area (Å²) in [6.45, 7) is 5.96. The molecule has 5 rings (SSSR count). The predicted molar refractivity (Wildman–Crippen MR) is 119 cm³/mol.